The number of rotatable bonds is 10. The van der Waals surface area contributed by atoms with E-state index in [1.165, 1.54) is 5.56 Å². The molecule has 0 saturated carbocycles. The Kier molecular flexibility index (Phi) is 8.85. The van der Waals surface area contributed by atoms with Crippen LogP contribution in [0.5, 0.6) is 5.75 Å². The average Bonchev–Trinajstić information content (AvgIpc) is 2.78. The first-order valence-electron chi connectivity index (χ1n) is 11.2. The van der Waals surface area contributed by atoms with E-state index < -0.39 is 0 Å². The van der Waals surface area contributed by atoms with Gasteiger partial charge in [-0.2, -0.15) is 0 Å². The highest BCUT2D eigenvalue weighted by molar-refractivity contribution is 5.76. The van der Waals surface area contributed by atoms with Crippen molar-refractivity contribution in [3.05, 3.63) is 59.9 Å². The van der Waals surface area contributed by atoms with Crippen LogP contribution >= 0.6 is 0 Å². The molecule has 31 heavy (non-hydrogen) atoms. The molecule has 2 aromatic rings. The Bertz CT molecular complexity index is 795. The number of methoxy groups -OCH3 is 1. The van der Waals surface area contributed by atoms with Gasteiger partial charge in [-0.15, -0.1) is 0 Å². The third-order valence-corrected chi connectivity index (χ3v) is 5.57. The van der Waals surface area contributed by atoms with E-state index in [1.54, 1.807) is 13.3 Å². The fraction of sp³-hybridized carbons (Fsp3) is 0.520. The second-order valence-corrected chi connectivity index (χ2v) is 8.49. The summed E-state index contributed by atoms with van der Waals surface area (Å²) in [6.07, 6.45) is 4.52. The molecule has 1 aliphatic rings. The summed E-state index contributed by atoms with van der Waals surface area (Å²) in [5.41, 5.74) is 2.20. The van der Waals surface area contributed by atoms with Gasteiger partial charge in [0.15, 0.2) is 0 Å². The number of ether oxygens (including phenoxy) is 2. The molecule has 0 unspecified atom stereocenters. The smallest absolute Gasteiger partial charge is 0.222 e. The van der Waals surface area contributed by atoms with Crippen molar-refractivity contribution in [1.82, 2.24) is 15.2 Å². The number of piperidine rings is 1. The zero-order valence-corrected chi connectivity index (χ0v) is 18.9. The quantitative estimate of drug-likeness (QED) is 0.624. The molecule has 6 nitrogen and oxygen atoms in total. The second-order valence-electron chi connectivity index (χ2n) is 8.49. The number of carbonyl (C=O) groups excluding carboxylic acids is 1. The lowest BCUT2D eigenvalue weighted by atomic mass is 9.88. The number of nitrogens with zero attached hydrogens (tertiary/aromatic N) is 2. The molecular weight excluding hydrogens is 390 g/mol. The largest absolute Gasteiger partial charge is 0.491 e. The van der Waals surface area contributed by atoms with Gasteiger partial charge in [0.1, 0.15) is 5.75 Å². The van der Waals surface area contributed by atoms with E-state index in [0.717, 1.165) is 43.9 Å². The number of hydrogen-bond donors (Lipinski definition) is 1. The van der Waals surface area contributed by atoms with Gasteiger partial charge in [-0.05, 0) is 69.0 Å². The van der Waals surface area contributed by atoms with Crippen molar-refractivity contribution in [3.63, 3.8) is 0 Å². The van der Waals surface area contributed by atoms with E-state index in [9.17, 15) is 4.79 Å². The van der Waals surface area contributed by atoms with E-state index >= 15 is 0 Å². The summed E-state index contributed by atoms with van der Waals surface area (Å²) < 4.78 is 10.8. The van der Waals surface area contributed by atoms with Crippen molar-refractivity contribution in [1.29, 1.82) is 0 Å². The minimum absolute atomic E-state index is 0.00960. The Balaban J connectivity index is 1.66. The maximum absolute atomic E-state index is 12.5. The lowest BCUT2D eigenvalue weighted by molar-refractivity contribution is -0.123. The first kappa shape index (κ1) is 23.2. The summed E-state index contributed by atoms with van der Waals surface area (Å²) in [6, 6.07) is 14.2. The van der Waals surface area contributed by atoms with Crippen LogP contribution in [-0.4, -0.2) is 48.7 Å². The van der Waals surface area contributed by atoms with Crippen LogP contribution in [0.3, 0.4) is 0 Å². The number of amides is 1. The summed E-state index contributed by atoms with van der Waals surface area (Å²) in [5, 5.41) is 3.22. The van der Waals surface area contributed by atoms with Gasteiger partial charge in [-0.1, -0.05) is 18.2 Å². The summed E-state index contributed by atoms with van der Waals surface area (Å²) in [5.74, 6) is 1.23. The topological polar surface area (TPSA) is 63.7 Å². The fourth-order valence-electron chi connectivity index (χ4n) is 4.14. The van der Waals surface area contributed by atoms with Crippen LogP contribution in [0.4, 0.5) is 0 Å². The Morgan fingerprint density at radius 3 is 2.71 bits per heavy atom. The molecule has 1 N–H and O–H groups in total. The third-order valence-electron chi connectivity index (χ3n) is 5.57. The minimum atomic E-state index is -0.0878. The average molecular weight is 426 g/mol. The van der Waals surface area contributed by atoms with Crippen LogP contribution in [0.15, 0.2) is 48.7 Å². The molecular formula is C25H35N3O3. The molecule has 1 aromatic heterocycles. The summed E-state index contributed by atoms with van der Waals surface area (Å²) in [7, 11) is 1.62. The maximum Gasteiger partial charge on any atom is 0.222 e. The van der Waals surface area contributed by atoms with Crippen LogP contribution in [0.2, 0.25) is 0 Å². The Morgan fingerprint density at radius 2 is 2.03 bits per heavy atom. The Labute approximate surface area is 186 Å². The van der Waals surface area contributed by atoms with Crippen LogP contribution in [0.25, 0.3) is 0 Å². The Morgan fingerprint density at radius 1 is 1.23 bits per heavy atom. The second kappa shape index (κ2) is 11.8. The molecule has 0 radical (unpaired) electrons. The number of hydrogen-bond acceptors (Lipinski definition) is 5. The molecule has 2 atom stereocenters. The molecule has 0 spiro atoms. The minimum Gasteiger partial charge on any atom is -0.491 e. The van der Waals surface area contributed by atoms with Gasteiger partial charge < -0.3 is 14.8 Å². The van der Waals surface area contributed by atoms with Gasteiger partial charge in [-0.25, -0.2) is 0 Å². The normalized spacial score (nSPS) is 18.0. The summed E-state index contributed by atoms with van der Waals surface area (Å²) >= 11 is 0. The van der Waals surface area contributed by atoms with Crippen molar-refractivity contribution in [2.75, 3.05) is 26.8 Å². The molecule has 1 fully saturated rings. The SMILES string of the molecule is COCCC(=O)N[C@H](c1ccccn1)[C@@H]1CCCN(Cc2ccc(OC(C)C)cc2)C1. The Hall–Kier alpha value is -2.44. The van der Waals surface area contributed by atoms with Crippen LogP contribution in [-0.2, 0) is 16.1 Å². The fourth-order valence-corrected chi connectivity index (χ4v) is 4.14. The first-order valence-corrected chi connectivity index (χ1v) is 11.2. The highest BCUT2D eigenvalue weighted by atomic mass is 16.5. The number of aromatic nitrogens is 1. The molecule has 1 aliphatic heterocycles. The van der Waals surface area contributed by atoms with Crippen molar-refractivity contribution in [2.24, 2.45) is 5.92 Å². The van der Waals surface area contributed by atoms with E-state index in [0.29, 0.717) is 18.9 Å². The maximum atomic E-state index is 12.5. The van der Waals surface area contributed by atoms with Gasteiger partial charge in [0.2, 0.25) is 5.91 Å². The van der Waals surface area contributed by atoms with E-state index in [-0.39, 0.29) is 18.1 Å². The molecule has 6 heteroatoms. The van der Waals surface area contributed by atoms with E-state index in [1.807, 2.05) is 44.2 Å². The van der Waals surface area contributed by atoms with E-state index in [2.05, 4.69) is 27.3 Å². The lowest BCUT2D eigenvalue weighted by Crippen LogP contribution is -2.43. The highest BCUT2D eigenvalue weighted by Gasteiger charge is 2.30. The molecule has 1 aromatic carbocycles. The van der Waals surface area contributed by atoms with Crippen LogP contribution in [0, 0.1) is 5.92 Å². The molecule has 0 aliphatic carbocycles. The van der Waals surface area contributed by atoms with Gasteiger partial charge in [0, 0.05) is 32.8 Å². The number of carbonyl (C=O) groups is 1. The van der Waals surface area contributed by atoms with Crippen molar-refractivity contribution >= 4 is 5.91 Å². The molecule has 2 heterocycles. The summed E-state index contributed by atoms with van der Waals surface area (Å²) in [4.78, 5) is 19.5. The monoisotopic (exact) mass is 425 g/mol. The number of likely N-dealkylation sites (tertiary alicyclic amines) is 1. The van der Waals surface area contributed by atoms with Crippen molar-refractivity contribution in [2.45, 2.75) is 51.8 Å². The van der Waals surface area contributed by atoms with Gasteiger partial charge in [0.25, 0.3) is 0 Å². The van der Waals surface area contributed by atoms with Crippen LogP contribution < -0.4 is 10.1 Å². The zero-order valence-electron chi connectivity index (χ0n) is 18.9. The predicted molar refractivity (Wildman–Crippen MR) is 122 cm³/mol. The van der Waals surface area contributed by atoms with E-state index in [4.69, 9.17) is 9.47 Å². The van der Waals surface area contributed by atoms with Gasteiger partial charge in [-0.3, -0.25) is 14.7 Å². The first-order chi connectivity index (χ1) is 15.0. The zero-order chi connectivity index (χ0) is 22.1. The molecule has 1 saturated heterocycles. The van der Waals surface area contributed by atoms with Crippen molar-refractivity contribution < 1.29 is 14.3 Å². The third kappa shape index (κ3) is 7.33. The lowest BCUT2D eigenvalue weighted by Gasteiger charge is -2.37. The standard InChI is InChI=1S/C25H35N3O3/c1-19(2)31-22-11-9-20(10-12-22)17-28-15-6-7-21(18-28)25(23-8-4-5-14-26-23)27-24(29)13-16-30-3/h4-5,8-12,14,19,21,25H,6-7,13,15-18H2,1-3H3,(H,27,29)/t21-,25+/m1/s1. The number of nitrogens with one attached hydrogen (secondary N) is 1. The molecule has 0 bridgehead atoms. The summed E-state index contributed by atoms with van der Waals surface area (Å²) in [6.45, 7) is 7.38. The van der Waals surface area contributed by atoms with Gasteiger partial charge >= 0.3 is 0 Å². The molecule has 3 rings (SSSR count). The van der Waals surface area contributed by atoms with Crippen molar-refractivity contribution in [3.8, 4) is 5.75 Å². The molecule has 1 amide bonds. The highest BCUT2D eigenvalue weighted by Crippen LogP contribution is 2.30. The van der Waals surface area contributed by atoms with Gasteiger partial charge in [0.05, 0.1) is 24.4 Å². The predicted octanol–water partition coefficient (Wildman–Crippen LogP) is 3.97. The number of pyridine rings is 1. The molecule has 168 valence electrons. The van der Waals surface area contributed by atoms with Crippen LogP contribution in [0.1, 0.15) is 50.4 Å². The number of benzene rings is 1.